The van der Waals surface area contributed by atoms with Gasteiger partial charge in [0.05, 0.1) is 10.5 Å². The molecule has 7 nitrogen and oxygen atoms in total. The molecule has 1 aliphatic rings. The largest absolute Gasteiger partial charge is 0.478 e. The van der Waals surface area contributed by atoms with Gasteiger partial charge in [-0.1, -0.05) is 6.07 Å². The van der Waals surface area contributed by atoms with Gasteiger partial charge in [0.1, 0.15) is 5.69 Å². The molecule has 1 atom stereocenters. The van der Waals surface area contributed by atoms with Crippen molar-refractivity contribution in [2.75, 3.05) is 38.6 Å². The van der Waals surface area contributed by atoms with Crippen LogP contribution >= 0.6 is 0 Å². The number of nitro benzene ring substituents is 1. The lowest BCUT2D eigenvalue weighted by atomic mass is 10.1. The Bertz CT molecular complexity index is 529. The molecule has 1 aromatic rings. The van der Waals surface area contributed by atoms with Crippen molar-refractivity contribution in [2.24, 2.45) is 5.92 Å². The van der Waals surface area contributed by atoms with Gasteiger partial charge in [0.2, 0.25) is 0 Å². The maximum atomic E-state index is 11.3. The minimum atomic E-state index is -1.15. The second kappa shape index (κ2) is 6.09. The zero-order chi connectivity index (χ0) is 15.6. The third-order valence-corrected chi connectivity index (χ3v) is 3.84. The summed E-state index contributed by atoms with van der Waals surface area (Å²) in [6.07, 6.45) is 1.02. The molecule has 114 valence electrons. The van der Waals surface area contributed by atoms with Crippen molar-refractivity contribution in [3.63, 3.8) is 0 Å². The van der Waals surface area contributed by atoms with E-state index in [-0.39, 0.29) is 16.9 Å². The SMILES string of the molecule is CN1CCC(CN(C)c2c(C(=O)O)cccc2[N+](=O)[O-])C1. The summed E-state index contributed by atoms with van der Waals surface area (Å²) in [7, 11) is 3.75. The topological polar surface area (TPSA) is 86.9 Å². The molecule has 0 amide bonds. The van der Waals surface area contributed by atoms with Crippen molar-refractivity contribution in [2.45, 2.75) is 6.42 Å². The molecule has 1 saturated heterocycles. The number of para-hydroxylation sites is 1. The zero-order valence-corrected chi connectivity index (χ0v) is 12.2. The van der Waals surface area contributed by atoms with E-state index in [4.69, 9.17) is 0 Å². The highest BCUT2D eigenvalue weighted by Crippen LogP contribution is 2.32. The number of nitro groups is 1. The molecule has 1 fully saturated rings. The summed E-state index contributed by atoms with van der Waals surface area (Å²) >= 11 is 0. The number of carboxylic acids is 1. The van der Waals surface area contributed by atoms with Crippen LogP contribution in [0.5, 0.6) is 0 Å². The van der Waals surface area contributed by atoms with Crippen LogP contribution in [0.25, 0.3) is 0 Å². The van der Waals surface area contributed by atoms with Crippen molar-refractivity contribution < 1.29 is 14.8 Å². The smallest absolute Gasteiger partial charge is 0.338 e. The Labute approximate surface area is 122 Å². The van der Waals surface area contributed by atoms with E-state index in [1.54, 1.807) is 11.9 Å². The monoisotopic (exact) mass is 293 g/mol. The van der Waals surface area contributed by atoms with Crippen LogP contribution in [0, 0.1) is 16.0 Å². The normalized spacial score (nSPS) is 18.7. The van der Waals surface area contributed by atoms with E-state index in [1.165, 1.54) is 18.2 Å². The first kappa shape index (κ1) is 15.2. The van der Waals surface area contributed by atoms with E-state index >= 15 is 0 Å². The summed E-state index contributed by atoms with van der Waals surface area (Å²) in [5, 5.41) is 20.4. The maximum Gasteiger partial charge on any atom is 0.338 e. The second-order valence-corrected chi connectivity index (χ2v) is 5.53. The van der Waals surface area contributed by atoms with Crippen LogP contribution in [-0.2, 0) is 0 Å². The number of carboxylic acid groups (broad SMARTS) is 1. The molecular formula is C14H19N3O4. The summed E-state index contributed by atoms with van der Waals surface area (Å²) in [5.41, 5.74) is -0.00800. The van der Waals surface area contributed by atoms with E-state index in [0.717, 1.165) is 19.5 Å². The van der Waals surface area contributed by atoms with Crippen molar-refractivity contribution in [1.82, 2.24) is 4.90 Å². The predicted octanol–water partition coefficient (Wildman–Crippen LogP) is 1.68. The van der Waals surface area contributed by atoms with Crippen LogP contribution in [0.3, 0.4) is 0 Å². The van der Waals surface area contributed by atoms with E-state index in [0.29, 0.717) is 12.5 Å². The minimum Gasteiger partial charge on any atom is -0.478 e. The fourth-order valence-corrected chi connectivity index (χ4v) is 2.91. The molecule has 0 radical (unpaired) electrons. The molecule has 0 aliphatic carbocycles. The van der Waals surface area contributed by atoms with Crippen LogP contribution in [0.1, 0.15) is 16.8 Å². The summed E-state index contributed by atoms with van der Waals surface area (Å²) in [5.74, 6) is -0.759. The standard InChI is InChI=1S/C14H19N3O4/c1-15-7-6-10(8-15)9-16(2)13-11(14(18)19)4-3-5-12(13)17(20)21/h3-5,10H,6-9H2,1-2H3,(H,18,19). The predicted molar refractivity (Wildman–Crippen MR) is 78.9 cm³/mol. The van der Waals surface area contributed by atoms with Crippen molar-refractivity contribution in [3.05, 3.63) is 33.9 Å². The summed E-state index contributed by atoms with van der Waals surface area (Å²) in [4.78, 5) is 25.9. The Kier molecular flexibility index (Phi) is 4.42. The molecule has 1 aliphatic heterocycles. The first-order valence-corrected chi connectivity index (χ1v) is 6.80. The average molecular weight is 293 g/mol. The fraction of sp³-hybridized carbons (Fsp3) is 0.500. The Morgan fingerprint density at radius 1 is 1.57 bits per heavy atom. The first-order chi connectivity index (χ1) is 9.90. The number of anilines is 1. The van der Waals surface area contributed by atoms with Gasteiger partial charge in [0.15, 0.2) is 0 Å². The first-order valence-electron chi connectivity index (χ1n) is 6.80. The van der Waals surface area contributed by atoms with Crippen molar-refractivity contribution >= 4 is 17.3 Å². The second-order valence-electron chi connectivity index (χ2n) is 5.53. The lowest BCUT2D eigenvalue weighted by Crippen LogP contribution is -2.29. The van der Waals surface area contributed by atoms with Gasteiger partial charge in [-0.2, -0.15) is 0 Å². The number of hydrogen-bond acceptors (Lipinski definition) is 5. The summed E-state index contributed by atoms with van der Waals surface area (Å²) in [6, 6.07) is 4.16. The molecule has 1 unspecified atom stereocenters. The highest BCUT2D eigenvalue weighted by Gasteiger charge is 2.27. The number of hydrogen-bond donors (Lipinski definition) is 1. The highest BCUT2D eigenvalue weighted by molar-refractivity contribution is 5.97. The van der Waals surface area contributed by atoms with Crippen molar-refractivity contribution in [1.29, 1.82) is 0 Å². The summed E-state index contributed by atoms with van der Waals surface area (Å²) < 4.78 is 0. The van der Waals surface area contributed by atoms with Gasteiger partial charge in [-0.15, -0.1) is 0 Å². The molecular weight excluding hydrogens is 274 g/mol. The highest BCUT2D eigenvalue weighted by atomic mass is 16.6. The average Bonchev–Trinajstić information content (AvgIpc) is 2.82. The van der Waals surface area contributed by atoms with Gasteiger partial charge in [-0.25, -0.2) is 4.79 Å². The quantitative estimate of drug-likeness (QED) is 0.656. The molecule has 21 heavy (non-hydrogen) atoms. The van der Waals surface area contributed by atoms with Crippen LogP contribution in [0.2, 0.25) is 0 Å². The van der Waals surface area contributed by atoms with E-state index in [1.807, 2.05) is 7.05 Å². The van der Waals surface area contributed by atoms with Gasteiger partial charge >= 0.3 is 5.97 Å². The van der Waals surface area contributed by atoms with Crippen LogP contribution in [-0.4, -0.2) is 54.6 Å². The van der Waals surface area contributed by atoms with E-state index in [9.17, 15) is 20.0 Å². The Morgan fingerprint density at radius 3 is 2.81 bits per heavy atom. The van der Waals surface area contributed by atoms with Gasteiger partial charge in [-0.05, 0) is 32.0 Å². The molecule has 0 aromatic heterocycles. The van der Waals surface area contributed by atoms with Crippen LogP contribution in [0.4, 0.5) is 11.4 Å². The Morgan fingerprint density at radius 2 is 2.29 bits per heavy atom. The van der Waals surface area contributed by atoms with Gasteiger partial charge < -0.3 is 14.9 Å². The number of nitrogens with zero attached hydrogens (tertiary/aromatic N) is 3. The molecule has 7 heteroatoms. The number of benzene rings is 1. The van der Waals surface area contributed by atoms with E-state index in [2.05, 4.69) is 4.90 Å². The zero-order valence-electron chi connectivity index (χ0n) is 12.2. The van der Waals surface area contributed by atoms with Gasteiger partial charge in [-0.3, -0.25) is 10.1 Å². The number of likely N-dealkylation sites (tertiary alicyclic amines) is 1. The number of rotatable bonds is 5. The van der Waals surface area contributed by atoms with Gasteiger partial charge in [0.25, 0.3) is 5.69 Å². The summed E-state index contributed by atoms with van der Waals surface area (Å²) in [6.45, 7) is 2.53. The van der Waals surface area contributed by atoms with E-state index < -0.39 is 10.9 Å². The minimum absolute atomic E-state index is 0.0296. The Balaban J connectivity index is 2.31. The molecule has 0 bridgehead atoms. The van der Waals surface area contributed by atoms with Gasteiger partial charge in [0, 0.05) is 26.2 Å². The third kappa shape index (κ3) is 3.30. The van der Waals surface area contributed by atoms with Crippen LogP contribution in [0.15, 0.2) is 18.2 Å². The Hall–Kier alpha value is -2.15. The third-order valence-electron chi connectivity index (χ3n) is 3.84. The lowest BCUT2D eigenvalue weighted by Gasteiger charge is -2.24. The molecule has 0 spiro atoms. The number of aromatic carboxylic acids is 1. The molecule has 1 aromatic carbocycles. The molecule has 1 N–H and O–H groups in total. The lowest BCUT2D eigenvalue weighted by molar-refractivity contribution is -0.384. The molecule has 2 rings (SSSR count). The fourth-order valence-electron chi connectivity index (χ4n) is 2.91. The molecule has 0 saturated carbocycles. The van der Waals surface area contributed by atoms with Crippen LogP contribution < -0.4 is 4.90 Å². The molecule has 1 heterocycles. The van der Waals surface area contributed by atoms with Crippen molar-refractivity contribution in [3.8, 4) is 0 Å². The maximum absolute atomic E-state index is 11.3. The number of carbonyl (C=O) groups is 1.